The molecular weight excluding hydrogens is 216 g/mol. The molecule has 0 radical (unpaired) electrons. The lowest BCUT2D eigenvalue weighted by Crippen LogP contribution is -2.40. The molecule has 4 heteroatoms. The first-order valence-electron chi connectivity index (χ1n) is 6.81. The number of amides is 1. The number of rotatable bonds is 4. The van der Waals surface area contributed by atoms with E-state index >= 15 is 0 Å². The molecule has 1 N–H and O–H groups in total. The molecular formula is C13H24N2O2. The summed E-state index contributed by atoms with van der Waals surface area (Å²) >= 11 is 0. The number of ether oxygens (including phenoxy) is 1. The summed E-state index contributed by atoms with van der Waals surface area (Å²) in [7, 11) is 0. The van der Waals surface area contributed by atoms with E-state index in [2.05, 4.69) is 26.1 Å². The SMILES string of the molecule is CCC(C)C1NC(C)N(CC2CCCO2)C1=O. The fourth-order valence-electron chi connectivity index (χ4n) is 2.69. The molecule has 17 heavy (non-hydrogen) atoms. The molecule has 2 rings (SSSR count). The molecule has 2 saturated heterocycles. The van der Waals surface area contributed by atoms with Crippen LogP contribution in [0.4, 0.5) is 0 Å². The van der Waals surface area contributed by atoms with Crippen LogP contribution in [0.25, 0.3) is 0 Å². The molecule has 0 aromatic heterocycles. The standard InChI is InChI=1S/C13H24N2O2/c1-4-9(2)12-13(16)15(10(3)14-12)8-11-6-5-7-17-11/h9-12,14H,4-8H2,1-3H3. The second kappa shape index (κ2) is 5.36. The Kier molecular flexibility index (Phi) is 4.05. The van der Waals surface area contributed by atoms with Crippen molar-refractivity contribution < 1.29 is 9.53 Å². The summed E-state index contributed by atoms with van der Waals surface area (Å²) in [6.07, 6.45) is 3.64. The lowest BCUT2D eigenvalue weighted by Gasteiger charge is -2.24. The highest BCUT2D eigenvalue weighted by molar-refractivity contribution is 5.84. The molecule has 98 valence electrons. The van der Waals surface area contributed by atoms with Crippen LogP contribution >= 0.6 is 0 Å². The van der Waals surface area contributed by atoms with Crippen molar-refractivity contribution in [2.24, 2.45) is 5.92 Å². The first-order valence-corrected chi connectivity index (χ1v) is 6.81. The number of carbonyl (C=O) groups excluding carboxylic acids is 1. The van der Waals surface area contributed by atoms with Gasteiger partial charge in [-0.25, -0.2) is 0 Å². The average molecular weight is 240 g/mol. The minimum Gasteiger partial charge on any atom is -0.376 e. The van der Waals surface area contributed by atoms with Gasteiger partial charge in [-0.2, -0.15) is 0 Å². The van der Waals surface area contributed by atoms with Crippen LogP contribution in [0.3, 0.4) is 0 Å². The number of nitrogens with zero attached hydrogens (tertiary/aromatic N) is 1. The van der Waals surface area contributed by atoms with Crippen molar-refractivity contribution in [2.75, 3.05) is 13.2 Å². The molecule has 0 aromatic rings. The van der Waals surface area contributed by atoms with E-state index in [1.54, 1.807) is 0 Å². The molecule has 2 heterocycles. The highest BCUT2D eigenvalue weighted by atomic mass is 16.5. The lowest BCUT2D eigenvalue weighted by molar-refractivity contribution is -0.132. The van der Waals surface area contributed by atoms with Gasteiger partial charge in [-0.15, -0.1) is 0 Å². The molecule has 0 saturated carbocycles. The van der Waals surface area contributed by atoms with E-state index in [1.807, 2.05) is 4.90 Å². The Morgan fingerprint density at radius 2 is 2.35 bits per heavy atom. The molecule has 0 aromatic carbocycles. The minimum absolute atomic E-state index is 0.00333. The summed E-state index contributed by atoms with van der Waals surface area (Å²) in [6.45, 7) is 7.93. The summed E-state index contributed by atoms with van der Waals surface area (Å²) in [4.78, 5) is 14.3. The Balaban J connectivity index is 1.95. The van der Waals surface area contributed by atoms with Crippen LogP contribution in [0.2, 0.25) is 0 Å². The number of hydrogen-bond donors (Lipinski definition) is 1. The summed E-state index contributed by atoms with van der Waals surface area (Å²) < 4.78 is 5.61. The monoisotopic (exact) mass is 240 g/mol. The van der Waals surface area contributed by atoms with Crippen LogP contribution < -0.4 is 5.32 Å². The van der Waals surface area contributed by atoms with Gasteiger partial charge in [0.05, 0.1) is 18.3 Å². The maximum absolute atomic E-state index is 12.3. The third-order valence-corrected chi connectivity index (χ3v) is 4.07. The highest BCUT2D eigenvalue weighted by Crippen LogP contribution is 2.22. The van der Waals surface area contributed by atoms with E-state index in [1.165, 1.54) is 0 Å². The van der Waals surface area contributed by atoms with Gasteiger partial charge in [0.2, 0.25) is 5.91 Å². The highest BCUT2D eigenvalue weighted by Gasteiger charge is 2.39. The largest absolute Gasteiger partial charge is 0.376 e. The topological polar surface area (TPSA) is 41.6 Å². The van der Waals surface area contributed by atoms with Crippen LogP contribution in [-0.2, 0) is 9.53 Å². The molecule has 0 bridgehead atoms. The van der Waals surface area contributed by atoms with E-state index in [0.29, 0.717) is 5.92 Å². The van der Waals surface area contributed by atoms with Crippen molar-refractivity contribution in [3.63, 3.8) is 0 Å². The summed E-state index contributed by atoms with van der Waals surface area (Å²) in [5, 5.41) is 3.40. The fourth-order valence-corrected chi connectivity index (χ4v) is 2.69. The van der Waals surface area contributed by atoms with Crippen LogP contribution in [0.1, 0.15) is 40.0 Å². The Morgan fingerprint density at radius 3 is 2.94 bits per heavy atom. The zero-order valence-electron chi connectivity index (χ0n) is 11.1. The maximum atomic E-state index is 12.3. The predicted molar refractivity (Wildman–Crippen MR) is 66.5 cm³/mol. The Bertz CT molecular complexity index is 277. The van der Waals surface area contributed by atoms with E-state index in [4.69, 9.17) is 4.74 Å². The Hall–Kier alpha value is -0.610. The van der Waals surface area contributed by atoms with Crippen molar-refractivity contribution in [3.8, 4) is 0 Å². The van der Waals surface area contributed by atoms with Crippen molar-refractivity contribution in [2.45, 2.75) is 58.3 Å². The Morgan fingerprint density at radius 1 is 1.59 bits per heavy atom. The number of hydrogen-bond acceptors (Lipinski definition) is 3. The van der Waals surface area contributed by atoms with Gasteiger partial charge in [-0.05, 0) is 25.7 Å². The summed E-state index contributed by atoms with van der Waals surface area (Å²) in [5.41, 5.74) is 0. The normalized spacial score (nSPS) is 35.6. The van der Waals surface area contributed by atoms with Crippen LogP contribution in [0.5, 0.6) is 0 Å². The zero-order valence-corrected chi connectivity index (χ0v) is 11.1. The molecule has 4 atom stereocenters. The summed E-state index contributed by atoms with van der Waals surface area (Å²) in [5.74, 6) is 0.654. The molecule has 4 unspecified atom stereocenters. The second-order valence-electron chi connectivity index (χ2n) is 5.33. The molecule has 2 aliphatic heterocycles. The lowest BCUT2D eigenvalue weighted by atomic mass is 9.99. The quantitative estimate of drug-likeness (QED) is 0.806. The molecule has 2 fully saturated rings. The summed E-state index contributed by atoms with van der Waals surface area (Å²) in [6, 6.07) is -0.00333. The predicted octanol–water partition coefficient (Wildman–Crippen LogP) is 1.36. The Labute approximate surface area is 104 Å². The molecule has 4 nitrogen and oxygen atoms in total. The van der Waals surface area contributed by atoms with Crippen molar-refractivity contribution in [1.82, 2.24) is 10.2 Å². The zero-order chi connectivity index (χ0) is 12.4. The van der Waals surface area contributed by atoms with Gasteiger partial charge in [0.1, 0.15) is 0 Å². The fraction of sp³-hybridized carbons (Fsp3) is 0.923. The van der Waals surface area contributed by atoms with Gasteiger partial charge in [0, 0.05) is 13.2 Å². The van der Waals surface area contributed by atoms with Gasteiger partial charge in [0.25, 0.3) is 0 Å². The smallest absolute Gasteiger partial charge is 0.241 e. The van der Waals surface area contributed by atoms with Gasteiger partial charge in [0.15, 0.2) is 0 Å². The van der Waals surface area contributed by atoms with Crippen molar-refractivity contribution in [1.29, 1.82) is 0 Å². The van der Waals surface area contributed by atoms with Gasteiger partial charge in [-0.3, -0.25) is 10.1 Å². The van der Waals surface area contributed by atoms with E-state index in [0.717, 1.165) is 32.4 Å². The molecule has 0 aliphatic carbocycles. The molecule has 1 amide bonds. The maximum Gasteiger partial charge on any atom is 0.241 e. The second-order valence-corrected chi connectivity index (χ2v) is 5.33. The third-order valence-electron chi connectivity index (χ3n) is 4.07. The van der Waals surface area contributed by atoms with E-state index in [-0.39, 0.29) is 24.2 Å². The molecule has 2 aliphatic rings. The van der Waals surface area contributed by atoms with Crippen LogP contribution in [-0.4, -0.2) is 42.3 Å². The first kappa shape index (κ1) is 12.8. The van der Waals surface area contributed by atoms with Crippen LogP contribution in [0, 0.1) is 5.92 Å². The van der Waals surface area contributed by atoms with E-state index < -0.39 is 0 Å². The molecule has 0 spiro atoms. The van der Waals surface area contributed by atoms with Gasteiger partial charge < -0.3 is 9.64 Å². The van der Waals surface area contributed by atoms with E-state index in [9.17, 15) is 4.79 Å². The first-order chi connectivity index (χ1) is 8.13. The number of nitrogens with one attached hydrogen (secondary N) is 1. The average Bonchev–Trinajstić information content (AvgIpc) is 2.91. The van der Waals surface area contributed by atoms with Crippen molar-refractivity contribution in [3.05, 3.63) is 0 Å². The van der Waals surface area contributed by atoms with Gasteiger partial charge >= 0.3 is 0 Å². The minimum atomic E-state index is -0.00333. The van der Waals surface area contributed by atoms with Crippen molar-refractivity contribution >= 4 is 5.91 Å². The number of carbonyl (C=O) groups is 1. The van der Waals surface area contributed by atoms with Gasteiger partial charge in [-0.1, -0.05) is 20.3 Å². The third kappa shape index (κ3) is 2.63. The van der Waals surface area contributed by atoms with Crippen LogP contribution in [0.15, 0.2) is 0 Å².